The molecule has 4 saturated heterocycles. The summed E-state index contributed by atoms with van der Waals surface area (Å²) in [6, 6.07) is 7.69. The molecule has 1 unspecified atom stereocenters. The van der Waals surface area contributed by atoms with Crippen molar-refractivity contribution in [1.29, 1.82) is 0 Å². The molecule has 0 saturated carbocycles. The van der Waals surface area contributed by atoms with Crippen LogP contribution < -0.4 is 10.6 Å². The Balaban J connectivity index is 1.28. The number of piperazine rings is 1. The van der Waals surface area contributed by atoms with Crippen molar-refractivity contribution in [3.63, 3.8) is 0 Å². The van der Waals surface area contributed by atoms with E-state index in [1.807, 2.05) is 0 Å². The van der Waals surface area contributed by atoms with Crippen molar-refractivity contribution in [1.82, 2.24) is 15.1 Å². The normalized spacial score (nSPS) is 40.1. The Morgan fingerprint density at radius 3 is 3.03 bits per heavy atom. The first-order valence-corrected chi connectivity index (χ1v) is 11.5. The first kappa shape index (κ1) is 19.2. The molecule has 7 nitrogen and oxygen atoms in total. The van der Waals surface area contributed by atoms with Crippen LogP contribution in [0.1, 0.15) is 42.9 Å². The van der Waals surface area contributed by atoms with Gasteiger partial charge in [-0.1, -0.05) is 12.5 Å². The molecule has 2 bridgehead atoms. The average Bonchev–Trinajstić information content (AvgIpc) is 3.31. The fourth-order valence-electron chi connectivity index (χ4n) is 6.88. The van der Waals surface area contributed by atoms with E-state index in [1.165, 1.54) is 11.1 Å². The summed E-state index contributed by atoms with van der Waals surface area (Å²) in [6.07, 6.45) is 5.26. The fourth-order valence-corrected chi connectivity index (χ4v) is 6.88. The first-order chi connectivity index (χ1) is 14.7. The number of nitrogens with zero attached hydrogens (tertiary/aromatic N) is 2. The highest BCUT2D eigenvalue weighted by Gasteiger charge is 2.60. The van der Waals surface area contributed by atoms with E-state index >= 15 is 0 Å². The number of carbonyl (C=O) groups excluding carboxylic acids is 1. The first-order valence-electron chi connectivity index (χ1n) is 11.5. The number of ether oxygens (including phenoxy) is 1. The lowest BCUT2D eigenvalue weighted by atomic mass is 9.82. The molecule has 3 N–H and O–H groups in total. The van der Waals surface area contributed by atoms with Crippen molar-refractivity contribution in [2.45, 2.75) is 68.5 Å². The second kappa shape index (κ2) is 7.28. The largest absolute Gasteiger partial charge is 0.396 e. The summed E-state index contributed by atoms with van der Waals surface area (Å²) in [5, 5.41) is 16.5. The lowest BCUT2D eigenvalue weighted by molar-refractivity contribution is -0.118. The molecule has 5 aliphatic heterocycles. The number of benzene rings is 1. The van der Waals surface area contributed by atoms with Crippen LogP contribution in [0.25, 0.3) is 0 Å². The van der Waals surface area contributed by atoms with Crippen molar-refractivity contribution in [2.24, 2.45) is 5.92 Å². The zero-order chi connectivity index (χ0) is 20.4. The third-order valence-electron chi connectivity index (χ3n) is 8.27. The van der Waals surface area contributed by atoms with E-state index in [0.29, 0.717) is 30.7 Å². The van der Waals surface area contributed by atoms with Crippen molar-refractivity contribution < 1.29 is 14.6 Å². The molecule has 0 aliphatic carbocycles. The molecule has 7 atom stereocenters. The molecule has 1 amide bonds. The van der Waals surface area contributed by atoms with Crippen molar-refractivity contribution >= 4 is 11.6 Å². The van der Waals surface area contributed by atoms with Gasteiger partial charge in [0.05, 0.1) is 18.7 Å². The number of aliphatic hydroxyl groups excluding tert-OH is 1. The summed E-state index contributed by atoms with van der Waals surface area (Å²) in [5.41, 5.74) is 3.54. The van der Waals surface area contributed by atoms with E-state index in [-0.39, 0.29) is 30.8 Å². The van der Waals surface area contributed by atoms with Crippen LogP contribution in [-0.2, 0) is 16.0 Å². The van der Waals surface area contributed by atoms with E-state index in [0.717, 1.165) is 44.3 Å². The molecular formula is C23H32N4O3. The van der Waals surface area contributed by atoms with Crippen LogP contribution in [0.4, 0.5) is 5.69 Å². The number of aliphatic hydroxyl groups is 1. The van der Waals surface area contributed by atoms with Gasteiger partial charge in [0.2, 0.25) is 5.91 Å². The Hall–Kier alpha value is -1.51. The number of piperidine rings is 1. The molecule has 1 aromatic rings. The Labute approximate surface area is 177 Å². The van der Waals surface area contributed by atoms with Gasteiger partial charge in [-0.2, -0.15) is 0 Å². The van der Waals surface area contributed by atoms with Gasteiger partial charge in [0.25, 0.3) is 0 Å². The van der Waals surface area contributed by atoms with E-state index < -0.39 is 0 Å². The molecule has 30 heavy (non-hydrogen) atoms. The Kier molecular flexibility index (Phi) is 4.66. The minimum absolute atomic E-state index is 0.0762. The number of carbonyl (C=O) groups is 1. The number of rotatable bonds is 3. The standard InChI is InChI=1S/C23H32N4O3/c1-26-19-9-14(11-28)21(26)18-8-13-5-6-15(25-22(29)17-4-2-3-7-24-17)10-16(13)20-12-30-23(19)27(18)20/h5-6,10,14,17-21,23-24,28H,2-4,7-9,11-12H2,1H3,(H,25,29)/t14-,17+,18?,19-,20-,21+,23+/m1/s1. The molecule has 6 rings (SSSR count). The second-order valence-corrected chi connectivity index (χ2v) is 9.77. The molecule has 162 valence electrons. The van der Waals surface area contributed by atoms with Crippen molar-refractivity contribution in [3.05, 3.63) is 29.3 Å². The van der Waals surface area contributed by atoms with Crippen LogP contribution in [-0.4, -0.2) is 78.0 Å². The zero-order valence-corrected chi connectivity index (χ0v) is 17.6. The predicted molar refractivity (Wildman–Crippen MR) is 113 cm³/mol. The van der Waals surface area contributed by atoms with E-state index in [1.54, 1.807) is 0 Å². The number of likely N-dealkylation sites (N-methyl/N-ethyl adjacent to an activating group) is 1. The summed E-state index contributed by atoms with van der Waals surface area (Å²) in [5.74, 6) is 0.398. The van der Waals surface area contributed by atoms with E-state index in [4.69, 9.17) is 4.74 Å². The fraction of sp³-hybridized carbons (Fsp3) is 0.696. The highest BCUT2D eigenvalue weighted by atomic mass is 16.5. The second-order valence-electron chi connectivity index (χ2n) is 9.77. The van der Waals surface area contributed by atoms with Gasteiger partial charge < -0.3 is 20.5 Å². The summed E-state index contributed by atoms with van der Waals surface area (Å²) < 4.78 is 6.34. The summed E-state index contributed by atoms with van der Waals surface area (Å²) in [6.45, 7) is 1.88. The number of hydrogen-bond acceptors (Lipinski definition) is 6. The van der Waals surface area contributed by atoms with Gasteiger partial charge in [-0.3, -0.25) is 14.6 Å². The molecule has 0 radical (unpaired) electrons. The van der Waals surface area contributed by atoms with Gasteiger partial charge >= 0.3 is 0 Å². The third kappa shape index (κ3) is 2.79. The molecule has 5 heterocycles. The monoisotopic (exact) mass is 412 g/mol. The summed E-state index contributed by atoms with van der Waals surface area (Å²) in [4.78, 5) is 17.7. The van der Waals surface area contributed by atoms with E-state index in [9.17, 15) is 9.90 Å². The van der Waals surface area contributed by atoms with E-state index in [2.05, 4.69) is 45.7 Å². The van der Waals surface area contributed by atoms with Gasteiger partial charge in [-0.05, 0) is 62.5 Å². The van der Waals surface area contributed by atoms with Gasteiger partial charge in [0.1, 0.15) is 6.23 Å². The summed E-state index contributed by atoms with van der Waals surface area (Å²) in [7, 11) is 2.20. The number of amides is 1. The molecule has 4 fully saturated rings. The minimum Gasteiger partial charge on any atom is -0.396 e. The van der Waals surface area contributed by atoms with Crippen LogP contribution >= 0.6 is 0 Å². The quantitative estimate of drug-likeness (QED) is 0.690. The molecular weight excluding hydrogens is 380 g/mol. The lowest BCUT2D eigenvalue weighted by Crippen LogP contribution is -2.64. The van der Waals surface area contributed by atoms with Gasteiger partial charge in [0.15, 0.2) is 0 Å². The topological polar surface area (TPSA) is 77.1 Å². The van der Waals surface area contributed by atoms with Crippen LogP contribution in [0.3, 0.4) is 0 Å². The zero-order valence-electron chi connectivity index (χ0n) is 17.6. The van der Waals surface area contributed by atoms with Crippen LogP contribution in [0.15, 0.2) is 18.2 Å². The van der Waals surface area contributed by atoms with Crippen molar-refractivity contribution in [2.75, 3.05) is 32.1 Å². The molecule has 5 aliphatic rings. The minimum atomic E-state index is -0.0815. The van der Waals surface area contributed by atoms with Crippen molar-refractivity contribution in [3.8, 4) is 0 Å². The van der Waals surface area contributed by atoms with Crippen LogP contribution in [0.5, 0.6) is 0 Å². The number of anilines is 1. The average molecular weight is 413 g/mol. The summed E-state index contributed by atoms with van der Waals surface area (Å²) >= 11 is 0. The smallest absolute Gasteiger partial charge is 0.241 e. The predicted octanol–water partition coefficient (Wildman–Crippen LogP) is 1.09. The third-order valence-corrected chi connectivity index (χ3v) is 8.27. The molecule has 0 aromatic heterocycles. The van der Waals surface area contributed by atoms with Gasteiger partial charge in [-0.15, -0.1) is 0 Å². The number of hydrogen-bond donors (Lipinski definition) is 3. The highest BCUT2D eigenvalue weighted by Crippen LogP contribution is 2.51. The molecule has 1 aromatic carbocycles. The van der Waals surface area contributed by atoms with Crippen LogP contribution in [0, 0.1) is 5.92 Å². The SMILES string of the molecule is CN1[C@@H]2C[C@H](CO)[C@H]1C1Cc3ccc(NC(=O)[C@@H]4CCCCN4)cc3[C@H]3CO[C@@H]2N13. The lowest BCUT2D eigenvalue weighted by Gasteiger charge is -2.51. The number of nitrogens with one attached hydrogen (secondary N) is 2. The van der Waals surface area contributed by atoms with Gasteiger partial charge in [-0.25, -0.2) is 0 Å². The maximum Gasteiger partial charge on any atom is 0.241 e. The highest BCUT2D eigenvalue weighted by molar-refractivity contribution is 5.95. The van der Waals surface area contributed by atoms with Gasteiger partial charge in [0, 0.05) is 36.3 Å². The maximum atomic E-state index is 12.7. The maximum absolute atomic E-state index is 12.7. The Morgan fingerprint density at radius 1 is 1.33 bits per heavy atom. The number of fused-ring (bicyclic) bond motifs is 6. The Morgan fingerprint density at radius 2 is 2.23 bits per heavy atom. The molecule has 0 spiro atoms. The molecule has 7 heteroatoms. The Bertz CT molecular complexity index is 842. The van der Waals surface area contributed by atoms with Crippen LogP contribution in [0.2, 0.25) is 0 Å².